The summed E-state index contributed by atoms with van der Waals surface area (Å²) in [4.78, 5) is 16.9. The minimum Gasteiger partial charge on any atom is -0.382 e. The van der Waals surface area contributed by atoms with Crippen LogP contribution in [-0.2, 0) is 0 Å². The minimum absolute atomic E-state index is 0.0696. The third-order valence-electron chi connectivity index (χ3n) is 3.93. The molecule has 0 bridgehead atoms. The number of hydrogen-bond acceptors (Lipinski definition) is 6. The molecule has 1 saturated heterocycles. The molecule has 1 atom stereocenters. The van der Waals surface area contributed by atoms with Crippen molar-refractivity contribution in [1.29, 1.82) is 0 Å². The summed E-state index contributed by atoms with van der Waals surface area (Å²) in [6.07, 6.45) is 2.15. The van der Waals surface area contributed by atoms with Crippen molar-refractivity contribution >= 4 is 28.3 Å². The van der Waals surface area contributed by atoms with E-state index in [0.29, 0.717) is 23.5 Å². The highest BCUT2D eigenvalue weighted by Crippen LogP contribution is 2.33. The van der Waals surface area contributed by atoms with E-state index in [1.165, 1.54) is 11.5 Å². The molecule has 2 heterocycles. The van der Waals surface area contributed by atoms with E-state index >= 15 is 0 Å². The minimum atomic E-state index is -0.0696. The highest BCUT2D eigenvalue weighted by molar-refractivity contribution is 7.11. The molecule has 2 fully saturated rings. The van der Waals surface area contributed by atoms with Crippen LogP contribution >= 0.6 is 11.5 Å². The Hall–Kier alpha value is -1.34. The first-order chi connectivity index (χ1) is 9.56. The van der Waals surface area contributed by atoms with Crippen molar-refractivity contribution in [1.82, 2.24) is 14.6 Å². The summed E-state index contributed by atoms with van der Waals surface area (Å²) in [5, 5.41) is 3.93. The molecule has 1 unspecified atom stereocenters. The van der Waals surface area contributed by atoms with Crippen LogP contribution in [0.4, 0.5) is 10.8 Å². The monoisotopic (exact) mass is 295 g/mol. The maximum absolute atomic E-state index is 12.3. The lowest BCUT2D eigenvalue weighted by Crippen LogP contribution is -2.50. The summed E-state index contributed by atoms with van der Waals surface area (Å²) in [7, 11) is 2.12. The summed E-state index contributed by atoms with van der Waals surface area (Å²) >= 11 is 1.34. The number of nitrogen functional groups attached to an aromatic ring is 1. The zero-order valence-electron chi connectivity index (χ0n) is 11.9. The Morgan fingerprint density at radius 1 is 1.45 bits per heavy atom. The molecule has 7 heteroatoms. The van der Waals surface area contributed by atoms with Gasteiger partial charge in [0.1, 0.15) is 10.6 Å². The van der Waals surface area contributed by atoms with E-state index in [4.69, 9.17) is 5.73 Å². The second kappa shape index (κ2) is 5.21. The number of anilines is 2. The van der Waals surface area contributed by atoms with Crippen LogP contribution in [0, 0.1) is 0 Å². The molecule has 0 spiro atoms. The Morgan fingerprint density at radius 3 is 2.85 bits per heavy atom. The van der Waals surface area contributed by atoms with Gasteiger partial charge in [-0.15, -0.1) is 0 Å². The third kappa shape index (κ3) is 2.60. The average Bonchev–Trinajstić information content (AvgIpc) is 3.11. The standard InChI is InChI=1S/C13H21N5OS/c1-8-7-17(2)5-6-18(8)13-10(11(14)16-20-13)12(19)15-9-3-4-9/h8-9H,3-7H2,1-2H3,(H2,14,16)(H,15,19). The molecule has 0 radical (unpaired) electrons. The number of carbonyl (C=O) groups is 1. The summed E-state index contributed by atoms with van der Waals surface area (Å²) in [6, 6.07) is 0.695. The number of nitrogens with one attached hydrogen (secondary N) is 1. The van der Waals surface area contributed by atoms with E-state index in [1.54, 1.807) is 0 Å². The highest BCUT2D eigenvalue weighted by atomic mass is 32.1. The molecular weight excluding hydrogens is 274 g/mol. The molecule has 110 valence electrons. The maximum atomic E-state index is 12.3. The predicted octanol–water partition coefficient (Wildman–Crippen LogP) is 0.758. The first kappa shape index (κ1) is 13.6. The number of amides is 1. The third-order valence-corrected chi connectivity index (χ3v) is 4.83. The molecule has 1 aliphatic heterocycles. The molecule has 20 heavy (non-hydrogen) atoms. The topological polar surface area (TPSA) is 74.5 Å². The van der Waals surface area contributed by atoms with Gasteiger partial charge in [-0.3, -0.25) is 4.79 Å². The van der Waals surface area contributed by atoms with Crippen molar-refractivity contribution in [3.05, 3.63) is 5.56 Å². The summed E-state index contributed by atoms with van der Waals surface area (Å²) in [5.74, 6) is 0.286. The second-order valence-corrected chi connectivity index (χ2v) is 6.55. The van der Waals surface area contributed by atoms with Gasteiger partial charge in [0.05, 0.1) is 0 Å². The van der Waals surface area contributed by atoms with Gasteiger partial charge in [-0.25, -0.2) is 0 Å². The van der Waals surface area contributed by atoms with Crippen LogP contribution in [-0.4, -0.2) is 53.9 Å². The Labute approximate surface area is 123 Å². The Kier molecular flexibility index (Phi) is 3.55. The number of aromatic nitrogens is 1. The first-order valence-electron chi connectivity index (χ1n) is 7.07. The lowest BCUT2D eigenvalue weighted by Gasteiger charge is -2.39. The molecule has 3 N–H and O–H groups in total. The first-order valence-corrected chi connectivity index (χ1v) is 7.84. The van der Waals surface area contributed by atoms with Gasteiger partial charge in [0, 0.05) is 31.7 Å². The largest absolute Gasteiger partial charge is 0.382 e. The van der Waals surface area contributed by atoms with Crippen LogP contribution in [0.1, 0.15) is 30.1 Å². The molecule has 6 nitrogen and oxygen atoms in total. The number of nitrogens with zero attached hydrogens (tertiary/aromatic N) is 3. The van der Waals surface area contributed by atoms with E-state index in [9.17, 15) is 4.79 Å². The van der Waals surface area contributed by atoms with Crippen molar-refractivity contribution in [2.45, 2.75) is 31.8 Å². The predicted molar refractivity (Wildman–Crippen MR) is 81.3 cm³/mol. The number of rotatable bonds is 3. The molecule has 1 aromatic heterocycles. The SMILES string of the molecule is CC1CN(C)CCN1c1snc(N)c1C(=O)NC1CC1. The molecular formula is C13H21N5OS. The number of likely N-dealkylation sites (N-methyl/N-ethyl adjacent to an activating group) is 1. The van der Waals surface area contributed by atoms with Gasteiger partial charge in [0.15, 0.2) is 5.82 Å². The number of hydrogen-bond donors (Lipinski definition) is 2. The van der Waals surface area contributed by atoms with Gasteiger partial charge < -0.3 is 20.9 Å². The normalized spacial score (nSPS) is 23.9. The zero-order valence-corrected chi connectivity index (χ0v) is 12.7. The molecule has 0 aromatic carbocycles. The number of carbonyl (C=O) groups excluding carboxylic acids is 1. The quantitative estimate of drug-likeness (QED) is 0.861. The van der Waals surface area contributed by atoms with Gasteiger partial charge >= 0.3 is 0 Å². The molecule has 1 amide bonds. The summed E-state index contributed by atoms with van der Waals surface area (Å²) < 4.78 is 4.20. The number of nitrogens with two attached hydrogens (primary N) is 1. The molecule has 2 aliphatic rings. The highest BCUT2D eigenvalue weighted by Gasteiger charge is 2.31. The van der Waals surface area contributed by atoms with Crippen molar-refractivity contribution in [3.63, 3.8) is 0 Å². The lowest BCUT2D eigenvalue weighted by atomic mass is 10.2. The van der Waals surface area contributed by atoms with Crippen LogP contribution in [0.3, 0.4) is 0 Å². The van der Waals surface area contributed by atoms with E-state index in [0.717, 1.165) is 37.5 Å². The van der Waals surface area contributed by atoms with Crippen LogP contribution in [0.25, 0.3) is 0 Å². The zero-order chi connectivity index (χ0) is 14.3. The van der Waals surface area contributed by atoms with Gasteiger partial charge in [-0.1, -0.05) is 0 Å². The van der Waals surface area contributed by atoms with Crippen molar-refractivity contribution in [2.75, 3.05) is 37.3 Å². The van der Waals surface area contributed by atoms with E-state index < -0.39 is 0 Å². The molecule has 1 aliphatic carbocycles. The molecule has 3 rings (SSSR count). The summed E-state index contributed by atoms with van der Waals surface area (Å²) in [5.41, 5.74) is 6.49. The van der Waals surface area contributed by atoms with Crippen molar-refractivity contribution < 1.29 is 4.79 Å². The van der Waals surface area contributed by atoms with Crippen molar-refractivity contribution in [2.24, 2.45) is 0 Å². The van der Waals surface area contributed by atoms with Crippen LogP contribution < -0.4 is 16.0 Å². The lowest BCUT2D eigenvalue weighted by molar-refractivity contribution is 0.0952. The smallest absolute Gasteiger partial charge is 0.258 e. The fourth-order valence-electron chi connectivity index (χ4n) is 2.63. The van der Waals surface area contributed by atoms with Crippen LogP contribution in [0.5, 0.6) is 0 Å². The van der Waals surface area contributed by atoms with Crippen LogP contribution in [0.2, 0.25) is 0 Å². The van der Waals surface area contributed by atoms with Crippen molar-refractivity contribution in [3.8, 4) is 0 Å². The Morgan fingerprint density at radius 2 is 2.20 bits per heavy atom. The van der Waals surface area contributed by atoms with Gasteiger partial charge in [0.2, 0.25) is 0 Å². The van der Waals surface area contributed by atoms with E-state index in [2.05, 4.69) is 33.5 Å². The van der Waals surface area contributed by atoms with E-state index in [1.807, 2.05) is 0 Å². The maximum Gasteiger partial charge on any atom is 0.258 e. The number of piperazine rings is 1. The van der Waals surface area contributed by atoms with Gasteiger partial charge in [-0.05, 0) is 38.3 Å². The van der Waals surface area contributed by atoms with Gasteiger partial charge in [-0.2, -0.15) is 4.37 Å². The molecule has 1 aromatic rings. The summed E-state index contributed by atoms with van der Waals surface area (Å²) in [6.45, 7) is 5.06. The Bertz CT molecular complexity index is 513. The fourth-order valence-corrected chi connectivity index (χ4v) is 3.57. The average molecular weight is 295 g/mol. The van der Waals surface area contributed by atoms with E-state index in [-0.39, 0.29) is 5.91 Å². The Balaban J connectivity index is 1.83. The van der Waals surface area contributed by atoms with Gasteiger partial charge in [0.25, 0.3) is 5.91 Å². The fraction of sp³-hybridized carbons (Fsp3) is 0.692. The van der Waals surface area contributed by atoms with Crippen LogP contribution in [0.15, 0.2) is 0 Å². The second-order valence-electron chi connectivity index (χ2n) is 5.80. The molecule has 1 saturated carbocycles.